The van der Waals surface area contributed by atoms with Crippen molar-refractivity contribution in [3.05, 3.63) is 59.7 Å². The minimum absolute atomic E-state index is 0.0368. The third-order valence-electron chi connectivity index (χ3n) is 4.54. The normalized spacial score (nSPS) is 18.3. The number of aryl methyl sites for hydroxylation is 1. The molecule has 1 aliphatic heterocycles. The van der Waals surface area contributed by atoms with E-state index in [1.54, 1.807) is 12.1 Å². The molecule has 3 rings (SSSR count). The predicted molar refractivity (Wildman–Crippen MR) is 98.6 cm³/mol. The van der Waals surface area contributed by atoms with Crippen LogP contribution in [0.4, 0.5) is 13.2 Å². The molecule has 1 aliphatic rings. The van der Waals surface area contributed by atoms with E-state index >= 15 is 0 Å². The molecule has 1 N–H and O–H groups in total. The topological polar surface area (TPSA) is 75.7 Å². The lowest BCUT2D eigenvalue weighted by molar-refractivity contribution is -0.274. The molecule has 0 radical (unpaired) electrons. The van der Waals surface area contributed by atoms with E-state index in [-0.39, 0.29) is 23.5 Å². The number of benzene rings is 2. The van der Waals surface area contributed by atoms with Gasteiger partial charge in [0.1, 0.15) is 11.8 Å². The molecule has 1 saturated heterocycles. The van der Waals surface area contributed by atoms with Crippen LogP contribution in [0.2, 0.25) is 0 Å². The monoisotopic (exact) mass is 428 g/mol. The van der Waals surface area contributed by atoms with Crippen LogP contribution >= 0.6 is 0 Å². The fourth-order valence-electron chi connectivity index (χ4n) is 3.11. The van der Waals surface area contributed by atoms with Crippen molar-refractivity contribution in [1.82, 2.24) is 9.62 Å². The number of nitrogens with zero attached hydrogens (tertiary/aromatic N) is 1. The van der Waals surface area contributed by atoms with Crippen molar-refractivity contribution in [2.24, 2.45) is 0 Å². The molecule has 10 heteroatoms. The summed E-state index contributed by atoms with van der Waals surface area (Å²) in [5, 5.41) is 2.60. The standard InChI is InChI=1S/C19H19F3N2O4S/c1-2-13-3-9-16(10-4-13)29(26,27)24-12-11-23-18(25)17(24)14-5-7-15(8-6-14)28-19(20,21)22/h3-10,17H,2,11-12H2,1H3,(H,23,25). The van der Waals surface area contributed by atoms with Gasteiger partial charge in [0.2, 0.25) is 15.9 Å². The lowest BCUT2D eigenvalue weighted by Crippen LogP contribution is -2.52. The number of carbonyl (C=O) groups is 1. The molecule has 2 aromatic carbocycles. The lowest BCUT2D eigenvalue weighted by Gasteiger charge is -2.34. The Bertz CT molecular complexity index is 974. The molecule has 6 nitrogen and oxygen atoms in total. The maximum Gasteiger partial charge on any atom is 0.573 e. The molecular weight excluding hydrogens is 409 g/mol. The van der Waals surface area contributed by atoms with E-state index in [2.05, 4.69) is 10.1 Å². The van der Waals surface area contributed by atoms with Gasteiger partial charge in [0.15, 0.2) is 0 Å². The van der Waals surface area contributed by atoms with Crippen LogP contribution in [0, 0.1) is 0 Å². The average molecular weight is 428 g/mol. The van der Waals surface area contributed by atoms with Gasteiger partial charge in [0.25, 0.3) is 0 Å². The van der Waals surface area contributed by atoms with Crippen LogP contribution in [0.3, 0.4) is 0 Å². The zero-order chi connectivity index (χ0) is 21.2. The molecule has 1 amide bonds. The first-order valence-corrected chi connectivity index (χ1v) is 10.3. The summed E-state index contributed by atoms with van der Waals surface area (Å²) in [6, 6.07) is 9.77. The van der Waals surface area contributed by atoms with Crippen molar-refractivity contribution in [2.45, 2.75) is 30.6 Å². The van der Waals surface area contributed by atoms with Gasteiger partial charge in [-0.25, -0.2) is 8.42 Å². The molecule has 29 heavy (non-hydrogen) atoms. The molecule has 0 aromatic heterocycles. The van der Waals surface area contributed by atoms with Crippen molar-refractivity contribution in [3.8, 4) is 5.75 Å². The first-order valence-electron chi connectivity index (χ1n) is 8.86. The van der Waals surface area contributed by atoms with Crippen molar-refractivity contribution < 1.29 is 31.1 Å². The summed E-state index contributed by atoms with van der Waals surface area (Å²) in [5.41, 5.74) is 1.21. The number of ether oxygens (including phenoxy) is 1. The lowest BCUT2D eigenvalue weighted by atomic mass is 10.0. The highest BCUT2D eigenvalue weighted by atomic mass is 32.2. The number of sulfonamides is 1. The number of nitrogens with one attached hydrogen (secondary N) is 1. The van der Waals surface area contributed by atoms with Gasteiger partial charge in [-0.1, -0.05) is 31.2 Å². The number of hydrogen-bond donors (Lipinski definition) is 1. The zero-order valence-corrected chi connectivity index (χ0v) is 16.3. The van der Waals surface area contributed by atoms with Crippen molar-refractivity contribution in [3.63, 3.8) is 0 Å². The summed E-state index contributed by atoms with van der Waals surface area (Å²) in [7, 11) is -3.99. The molecule has 1 heterocycles. The molecule has 0 bridgehead atoms. The average Bonchev–Trinajstić information content (AvgIpc) is 2.67. The molecule has 1 fully saturated rings. The fraction of sp³-hybridized carbons (Fsp3) is 0.316. The number of hydrogen-bond acceptors (Lipinski definition) is 4. The van der Waals surface area contributed by atoms with E-state index in [0.717, 1.165) is 28.4 Å². The minimum atomic E-state index is -4.84. The van der Waals surface area contributed by atoms with Crippen LogP contribution in [0.5, 0.6) is 5.75 Å². The van der Waals surface area contributed by atoms with E-state index < -0.39 is 34.1 Å². The Labute approximate surface area is 166 Å². The van der Waals surface area contributed by atoms with Crippen LogP contribution in [0.15, 0.2) is 53.4 Å². The first-order chi connectivity index (χ1) is 13.6. The van der Waals surface area contributed by atoms with E-state index in [1.165, 1.54) is 24.3 Å². The van der Waals surface area contributed by atoms with Crippen LogP contribution in [0.1, 0.15) is 24.1 Å². The summed E-state index contributed by atoms with van der Waals surface area (Å²) >= 11 is 0. The van der Waals surface area contributed by atoms with Gasteiger partial charge < -0.3 is 10.1 Å². The highest BCUT2D eigenvalue weighted by Crippen LogP contribution is 2.31. The van der Waals surface area contributed by atoms with E-state index in [4.69, 9.17) is 0 Å². The second kappa shape index (κ2) is 8.03. The summed E-state index contributed by atoms with van der Waals surface area (Å²) in [5.74, 6) is -1.00. The van der Waals surface area contributed by atoms with Gasteiger partial charge in [-0.3, -0.25) is 4.79 Å². The Morgan fingerprint density at radius 1 is 1.10 bits per heavy atom. The smallest absolute Gasteiger partial charge is 0.406 e. The van der Waals surface area contributed by atoms with Crippen LogP contribution in [-0.2, 0) is 21.2 Å². The minimum Gasteiger partial charge on any atom is -0.406 e. The molecule has 0 spiro atoms. The van der Waals surface area contributed by atoms with E-state index in [0.29, 0.717) is 0 Å². The molecule has 0 saturated carbocycles. The Morgan fingerprint density at radius 2 is 1.72 bits per heavy atom. The van der Waals surface area contributed by atoms with Gasteiger partial charge in [-0.15, -0.1) is 13.2 Å². The zero-order valence-electron chi connectivity index (χ0n) is 15.4. The fourth-order valence-corrected chi connectivity index (χ4v) is 4.68. The van der Waals surface area contributed by atoms with Crippen molar-refractivity contribution >= 4 is 15.9 Å². The van der Waals surface area contributed by atoms with Crippen molar-refractivity contribution in [2.75, 3.05) is 13.1 Å². The molecule has 1 unspecified atom stereocenters. The van der Waals surface area contributed by atoms with Crippen molar-refractivity contribution in [1.29, 1.82) is 0 Å². The molecule has 0 aliphatic carbocycles. The SMILES string of the molecule is CCc1ccc(S(=O)(=O)N2CCNC(=O)C2c2ccc(OC(F)(F)F)cc2)cc1. The van der Waals surface area contributed by atoms with Crippen LogP contribution in [0.25, 0.3) is 0 Å². The molecule has 2 aromatic rings. The summed E-state index contributed by atoms with van der Waals surface area (Å²) in [6.07, 6.45) is -4.09. The number of piperazine rings is 1. The Morgan fingerprint density at radius 3 is 2.28 bits per heavy atom. The number of amides is 1. The maximum atomic E-state index is 13.1. The molecule has 1 atom stereocenters. The summed E-state index contributed by atoms with van der Waals surface area (Å²) in [6.45, 7) is 2.12. The number of alkyl halides is 3. The molecular formula is C19H19F3N2O4S. The quantitative estimate of drug-likeness (QED) is 0.795. The van der Waals surface area contributed by atoms with Gasteiger partial charge in [-0.05, 0) is 41.8 Å². The first kappa shape index (κ1) is 21.1. The summed E-state index contributed by atoms with van der Waals surface area (Å²) in [4.78, 5) is 12.5. The van der Waals surface area contributed by atoms with Gasteiger partial charge in [0, 0.05) is 13.1 Å². The van der Waals surface area contributed by atoms with Gasteiger partial charge >= 0.3 is 6.36 Å². The van der Waals surface area contributed by atoms with Gasteiger partial charge in [0.05, 0.1) is 4.90 Å². The Kier molecular flexibility index (Phi) is 5.85. The predicted octanol–water partition coefficient (Wildman–Crippen LogP) is 3.01. The van der Waals surface area contributed by atoms with E-state index in [9.17, 15) is 26.4 Å². The second-order valence-corrected chi connectivity index (χ2v) is 8.31. The Hall–Kier alpha value is -2.59. The third kappa shape index (κ3) is 4.70. The Balaban J connectivity index is 1.93. The number of halogens is 3. The number of carbonyl (C=O) groups excluding carboxylic acids is 1. The summed E-state index contributed by atoms with van der Waals surface area (Å²) < 4.78 is 68.2. The van der Waals surface area contributed by atoms with E-state index in [1.807, 2.05) is 6.92 Å². The highest BCUT2D eigenvalue weighted by molar-refractivity contribution is 7.89. The highest BCUT2D eigenvalue weighted by Gasteiger charge is 2.39. The second-order valence-electron chi connectivity index (χ2n) is 6.42. The number of rotatable bonds is 5. The van der Waals surface area contributed by atoms with Crippen LogP contribution in [-0.4, -0.2) is 38.1 Å². The van der Waals surface area contributed by atoms with Crippen LogP contribution < -0.4 is 10.1 Å². The largest absolute Gasteiger partial charge is 0.573 e. The molecule has 156 valence electrons. The van der Waals surface area contributed by atoms with Gasteiger partial charge in [-0.2, -0.15) is 4.31 Å². The third-order valence-corrected chi connectivity index (χ3v) is 6.41. The maximum absolute atomic E-state index is 13.1.